The minimum Gasteiger partial charge on any atom is -0.497 e. The van der Waals surface area contributed by atoms with Gasteiger partial charge in [-0.25, -0.2) is 4.68 Å². The van der Waals surface area contributed by atoms with Gasteiger partial charge < -0.3 is 9.72 Å². The molecule has 1 N–H and O–H groups in total. The smallest absolute Gasteiger partial charge is 0.252 e. The molecule has 0 unspecified atom stereocenters. The second-order valence-corrected chi connectivity index (χ2v) is 10.0. The Morgan fingerprint density at radius 1 is 0.949 bits per heavy atom. The highest BCUT2D eigenvalue weighted by molar-refractivity contribution is 5.80. The highest BCUT2D eigenvalue weighted by atomic mass is 16.5. The monoisotopic (exact) mass is 522 g/mol. The van der Waals surface area contributed by atoms with Crippen LogP contribution in [0.15, 0.2) is 77.6 Å². The lowest BCUT2D eigenvalue weighted by Gasteiger charge is -2.30. The number of H-pyrrole nitrogens is 1. The predicted molar refractivity (Wildman–Crippen MR) is 153 cm³/mol. The lowest BCUT2D eigenvalue weighted by atomic mass is 10.0. The fourth-order valence-corrected chi connectivity index (χ4v) is 5.02. The Balaban J connectivity index is 1.50. The van der Waals surface area contributed by atoms with Gasteiger partial charge in [-0.3, -0.25) is 9.69 Å². The summed E-state index contributed by atoms with van der Waals surface area (Å²) in [6.45, 7) is 7.94. The first-order chi connectivity index (χ1) is 18.9. The van der Waals surface area contributed by atoms with E-state index in [1.54, 1.807) is 7.11 Å². The molecule has 2 aromatic heterocycles. The maximum absolute atomic E-state index is 13.2. The van der Waals surface area contributed by atoms with Crippen LogP contribution in [0.3, 0.4) is 0 Å². The Hall–Kier alpha value is -4.30. The van der Waals surface area contributed by atoms with Crippen molar-refractivity contribution in [1.29, 1.82) is 0 Å². The number of aryl methyl sites for hydroxylation is 2. The van der Waals surface area contributed by atoms with Crippen molar-refractivity contribution in [1.82, 2.24) is 30.1 Å². The van der Waals surface area contributed by atoms with Gasteiger partial charge >= 0.3 is 0 Å². The number of hydrogen-bond donors (Lipinski definition) is 1. The number of nitrogens with one attached hydrogen (secondary N) is 1. The predicted octanol–water partition coefficient (Wildman–Crippen LogP) is 5.34. The number of aromatic amines is 1. The Bertz CT molecular complexity index is 1610. The van der Waals surface area contributed by atoms with Gasteiger partial charge in [0.2, 0.25) is 0 Å². The van der Waals surface area contributed by atoms with Crippen LogP contribution in [0.4, 0.5) is 0 Å². The number of ether oxygens (including phenoxy) is 1. The van der Waals surface area contributed by atoms with Crippen molar-refractivity contribution in [3.63, 3.8) is 0 Å². The zero-order chi connectivity index (χ0) is 27.4. The van der Waals surface area contributed by atoms with Gasteiger partial charge in [0.1, 0.15) is 5.75 Å². The van der Waals surface area contributed by atoms with E-state index in [9.17, 15) is 4.79 Å². The molecule has 3 aromatic carbocycles. The van der Waals surface area contributed by atoms with Crippen molar-refractivity contribution in [2.75, 3.05) is 7.11 Å². The van der Waals surface area contributed by atoms with Crippen LogP contribution in [-0.2, 0) is 19.6 Å². The first-order valence-electron chi connectivity index (χ1n) is 13.2. The molecule has 0 aliphatic carbocycles. The summed E-state index contributed by atoms with van der Waals surface area (Å²) in [6.07, 6.45) is 0.777. The van der Waals surface area contributed by atoms with Gasteiger partial charge in [-0.2, -0.15) is 0 Å². The van der Waals surface area contributed by atoms with E-state index >= 15 is 0 Å². The van der Waals surface area contributed by atoms with E-state index in [4.69, 9.17) is 4.74 Å². The van der Waals surface area contributed by atoms with Crippen LogP contribution in [0.25, 0.3) is 10.9 Å². The Morgan fingerprint density at radius 3 is 2.41 bits per heavy atom. The second-order valence-electron chi connectivity index (χ2n) is 10.0. The van der Waals surface area contributed by atoms with Crippen molar-refractivity contribution in [3.05, 3.63) is 117 Å². The molecule has 5 aromatic rings. The van der Waals surface area contributed by atoms with Crippen LogP contribution >= 0.6 is 0 Å². The van der Waals surface area contributed by atoms with E-state index in [0.717, 1.165) is 45.6 Å². The normalized spacial score (nSPS) is 12.2. The highest BCUT2D eigenvalue weighted by Gasteiger charge is 2.26. The SMILES string of the molecule is CC[C@H](c1nnnn1Cc1ccc(OC)cc1)N(Cc1ccccc1)Cc1cc2cc(C)c(C)cc2[nH]c1=O. The Kier molecular flexibility index (Phi) is 7.84. The van der Waals surface area contributed by atoms with Gasteiger partial charge in [0.05, 0.1) is 19.7 Å². The van der Waals surface area contributed by atoms with E-state index in [1.165, 1.54) is 5.56 Å². The van der Waals surface area contributed by atoms with Gasteiger partial charge in [0, 0.05) is 24.2 Å². The van der Waals surface area contributed by atoms with E-state index in [2.05, 4.69) is 64.4 Å². The van der Waals surface area contributed by atoms with Gasteiger partial charge in [-0.15, -0.1) is 5.10 Å². The van der Waals surface area contributed by atoms with Crippen molar-refractivity contribution in [2.45, 2.75) is 52.9 Å². The lowest BCUT2D eigenvalue weighted by molar-refractivity contribution is 0.161. The average Bonchev–Trinajstić information content (AvgIpc) is 3.39. The lowest BCUT2D eigenvalue weighted by Crippen LogP contribution is -2.32. The molecule has 0 saturated carbocycles. The van der Waals surface area contributed by atoms with Crippen LogP contribution in [0.1, 0.15) is 53.0 Å². The molecular weight excluding hydrogens is 488 g/mol. The molecule has 1 atom stereocenters. The third-order valence-electron chi connectivity index (χ3n) is 7.31. The van der Waals surface area contributed by atoms with Crippen molar-refractivity contribution >= 4 is 10.9 Å². The van der Waals surface area contributed by atoms with E-state index < -0.39 is 0 Å². The Morgan fingerprint density at radius 2 is 1.69 bits per heavy atom. The molecule has 5 rings (SSSR count). The number of hydrogen-bond acceptors (Lipinski definition) is 6. The van der Waals surface area contributed by atoms with Crippen LogP contribution in [0.2, 0.25) is 0 Å². The van der Waals surface area contributed by atoms with Gasteiger partial charge in [-0.05, 0) is 88.7 Å². The third kappa shape index (κ3) is 5.91. The summed E-state index contributed by atoms with van der Waals surface area (Å²) in [5.74, 6) is 1.58. The van der Waals surface area contributed by atoms with Crippen molar-refractivity contribution in [3.8, 4) is 5.75 Å². The minimum absolute atomic E-state index is 0.0727. The molecule has 8 nitrogen and oxygen atoms in total. The molecule has 0 bridgehead atoms. The summed E-state index contributed by atoms with van der Waals surface area (Å²) in [4.78, 5) is 18.6. The molecular formula is C31H34N6O2. The summed E-state index contributed by atoms with van der Waals surface area (Å²) >= 11 is 0. The zero-order valence-electron chi connectivity index (χ0n) is 22.9. The molecule has 2 heterocycles. The molecule has 39 heavy (non-hydrogen) atoms. The highest BCUT2D eigenvalue weighted by Crippen LogP contribution is 2.27. The maximum atomic E-state index is 13.2. The van der Waals surface area contributed by atoms with Crippen LogP contribution < -0.4 is 10.3 Å². The molecule has 0 aliphatic rings. The molecule has 0 saturated heterocycles. The largest absolute Gasteiger partial charge is 0.497 e. The summed E-state index contributed by atoms with van der Waals surface area (Å²) in [7, 11) is 1.66. The van der Waals surface area contributed by atoms with E-state index in [1.807, 2.05) is 59.3 Å². The van der Waals surface area contributed by atoms with Crippen molar-refractivity contribution < 1.29 is 4.74 Å². The number of fused-ring (bicyclic) bond motifs is 1. The number of nitrogens with zero attached hydrogens (tertiary/aromatic N) is 5. The summed E-state index contributed by atoms with van der Waals surface area (Å²) in [5, 5.41) is 13.9. The molecule has 0 aliphatic heterocycles. The number of tetrazole rings is 1. The third-order valence-corrected chi connectivity index (χ3v) is 7.31. The number of methoxy groups -OCH3 is 1. The van der Waals surface area contributed by atoms with E-state index in [-0.39, 0.29) is 11.6 Å². The average molecular weight is 523 g/mol. The minimum atomic E-state index is -0.103. The first-order valence-corrected chi connectivity index (χ1v) is 13.2. The standard InChI is InChI=1S/C31H34N6O2/c1-5-29(30-33-34-35-37(30)19-24-11-13-27(39-4)14-12-24)36(18-23-9-7-6-8-10-23)20-26-17-25-15-21(2)22(3)16-28(25)32-31(26)38/h6-17,29H,5,18-20H2,1-4H3,(H,32,38)/t29-/m1/s1. The number of pyridine rings is 1. The van der Waals surface area contributed by atoms with Crippen LogP contribution in [0, 0.1) is 13.8 Å². The molecule has 0 amide bonds. The van der Waals surface area contributed by atoms with Gasteiger partial charge in [0.15, 0.2) is 5.82 Å². The summed E-state index contributed by atoms with van der Waals surface area (Å²) in [5.41, 5.74) is 6.10. The topological polar surface area (TPSA) is 88.9 Å². The number of rotatable bonds is 10. The second kappa shape index (κ2) is 11.6. The van der Waals surface area contributed by atoms with Gasteiger partial charge in [0.25, 0.3) is 5.56 Å². The summed E-state index contributed by atoms with van der Waals surface area (Å²) < 4.78 is 7.15. The quantitative estimate of drug-likeness (QED) is 0.266. The van der Waals surface area contributed by atoms with E-state index in [0.29, 0.717) is 25.2 Å². The molecule has 8 heteroatoms. The number of aromatic nitrogens is 5. The Labute approximate surface area is 228 Å². The molecule has 0 spiro atoms. The zero-order valence-corrected chi connectivity index (χ0v) is 22.9. The first kappa shape index (κ1) is 26.3. The van der Waals surface area contributed by atoms with Crippen molar-refractivity contribution in [2.24, 2.45) is 0 Å². The fourth-order valence-electron chi connectivity index (χ4n) is 5.02. The van der Waals surface area contributed by atoms with Gasteiger partial charge in [-0.1, -0.05) is 49.4 Å². The fraction of sp³-hybridized carbons (Fsp3) is 0.290. The molecule has 0 radical (unpaired) electrons. The summed E-state index contributed by atoms with van der Waals surface area (Å²) in [6, 6.07) is 24.3. The molecule has 200 valence electrons. The maximum Gasteiger partial charge on any atom is 0.252 e. The molecule has 0 fully saturated rings. The van der Waals surface area contributed by atoms with Crippen LogP contribution in [-0.4, -0.2) is 37.2 Å². The van der Waals surface area contributed by atoms with Crippen LogP contribution in [0.5, 0.6) is 5.75 Å². The number of benzene rings is 3.